The average molecular weight is 399 g/mol. The van der Waals surface area contributed by atoms with E-state index >= 15 is 0 Å². The lowest BCUT2D eigenvalue weighted by molar-refractivity contribution is 0.0638. The molecule has 0 amide bonds. The number of β-amino-alcohol motifs (C(OH)–C–C–N with tert-alkyl or cyclic N) is 1. The van der Waals surface area contributed by atoms with Gasteiger partial charge in [-0.1, -0.05) is 48.5 Å². The molecule has 152 valence electrons. The van der Waals surface area contributed by atoms with Crippen molar-refractivity contribution in [3.63, 3.8) is 0 Å². The fraction of sp³-hybridized carbons (Fsp3) is 0.240. The summed E-state index contributed by atoms with van der Waals surface area (Å²) in [5.41, 5.74) is 5.97. The number of ether oxygens (including phenoxy) is 1. The fourth-order valence-corrected chi connectivity index (χ4v) is 4.14. The van der Waals surface area contributed by atoms with Crippen LogP contribution in [0.25, 0.3) is 22.0 Å². The van der Waals surface area contributed by atoms with E-state index in [4.69, 9.17) is 4.74 Å². The number of aromatic amines is 1. The number of aliphatic hydroxyl groups is 1. The zero-order valence-corrected chi connectivity index (χ0v) is 16.8. The van der Waals surface area contributed by atoms with Crippen molar-refractivity contribution in [1.29, 1.82) is 0 Å². The first kappa shape index (κ1) is 18.9. The molecule has 0 radical (unpaired) electrons. The van der Waals surface area contributed by atoms with Gasteiger partial charge in [0.25, 0.3) is 0 Å². The van der Waals surface area contributed by atoms with Gasteiger partial charge in [-0.15, -0.1) is 0 Å². The van der Waals surface area contributed by atoms with Crippen LogP contribution < -0.4 is 4.74 Å². The molecular formula is C25H25N3O2. The molecule has 2 N–H and O–H groups in total. The van der Waals surface area contributed by atoms with E-state index in [9.17, 15) is 5.11 Å². The van der Waals surface area contributed by atoms with E-state index in [2.05, 4.69) is 63.6 Å². The van der Waals surface area contributed by atoms with Crippen molar-refractivity contribution in [2.45, 2.75) is 19.1 Å². The van der Waals surface area contributed by atoms with Gasteiger partial charge in [-0.3, -0.25) is 10.00 Å². The van der Waals surface area contributed by atoms with E-state index in [0.29, 0.717) is 6.54 Å². The number of aromatic nitrogens is 2. The Balaban J connectivity index is 1.20. The van der Waals surface area contributed by atoms with Crippen LogP contribution >= 0.6 is 0 Å². The summed E-state index contributed by atoms with van der Waals surface area (Å²) in [6.45, 7) is 2.75. The summed E-state index contributed by atoms with van der Waals surface area (Å²) in [5, 5.41) is 18.7. The predicted molar refractivity (Wildman–Crippen MR) is 118 cm³/mol. The minimum atomic E-state index is -0.528. The molecule has 5 nitrogen and oxygen atoms in total. The Hall–Kier alpha value is -3.15. The lowest BCUT2D eigenvalue weighted by Gasteiger charge is -2.30. The van der Waals surface area contributed by atoms with Crippen molar-refractivity contribution in [3.05, 3.63) is 84.1 Å². The van der Waals surface area contributed by atoms with Crippen LogP contribution in [0.4, 0.5) is 0 Å². The molecule has 0 saturated carbocycles. The number of benzene rings is 3. The minimum absolute atomic E-state index is 0.279. The van der Waals surface area contributed by atoms with Crippen molar-refractivity contribution < 1.29 is 9.84 Å². The normalized spacial score (nSPS) is 15.1. The Labute approximate surface area is 175 Å². The molecule has 30 heavy (non-hydrogen) atoms. The van der Waals surface area contributed by atoms with Crippen molar-refractivity contribution in [2.75, 3.05) is 19.7 Å². The SMILES string of the molecule is OC(COc1cccc(-c2ccc3cn[nH]c3c2)c1)CN1CCc2ccccc2C1. The maximum Gasteiger partial charge on any atom is 0.120 e. The van der Waals surface area contributed by atoms with Gasteiger partial charge in [-0.25, -0.2) is 0 Å². The second kappa shape index (κ2) is 8.30. The topological polar surface area (TPSA) is 61.4 Å². The lowest BCUT2D eigenvalue weighted by Crippen LogP contribution is -2.38. The molecule has 2 heterocycles. The van der Waals surface area contributed by atoms with E-state index in [1.807, 2.05) is 24.4 Å². The molecule has 0 saturated heterocycles. The van der Waals surface area contributed by atoms with Gasteiger partial charge in [0.2, 0.25) is 0 Å². The van der Waals surface area contributed by atoms with Crippen LogP contribution in [0.1, 0.15) is 11.1 Å². The highest BCUT2D eigenvalue weighted by Crippen LogP contribution is 2.26. The minimum Gasteiger partial charge on any atom is -0.491 e. The second-order valence-corrected chi connectivity index (χ2v) is 7.92. The third-order valence-electron chi connectivity index (χ3n) is 5.73. The van der Waals surface area contributed by atoms with Crippen LogP contribution in [0.5, 0.6) is 5.75 Å². The zero-order valence-electron chi connectivity index (χ0n) is 16.8. The highest BCUT2D eigenvalue weighted by molar-refractivity contribution is 5.83. The van der Waals surface area contributed by atoms with Gasteiger partial charge in [-0.2, -0.15) is 5.10 Å². The zero-order chi connectivity index (χ0) is 20.3. The molecule has 1 aliphatic rings. The van der Waals surface area contributed by atoms with Gasteiger partial charge in [0, 0.05) is 25.0 Å². The van der Waals surface area contributed by atoms with E-state index in [-0.39, 0.29) is 6.61 Å². The Morgan fingerprint density at radius 3 is 2.80 bits per heavy atom. The highest BCUT2D eigenvalue weighted by atomic mass is 16.5. The Bertz CT molecular complexity index is 1150. The summed E-state index contributed by atoms with van der Waals surface area (Å²) in [5.74, 6) is 0.764. The first-order chi connectivity index (χ1) is 14.7. The Kier molecular flexibility index (Phi) is 5.22. The van der Waals surface area contributed by atoms with Gasteiger partial charge in [0.15, 0.2) is 0 Å². The molecule has 3 aromatic carbocycles. The maximum atomic E-state index is 10.5. The highest BCUT2D eigenvalue weighted by Gasteiger charge is 2.18. The standard InChI is InChI=1S/C25H25N3O2/c29-23(16-28-11-10-18-4-1-2-5-22(18)15-28)17-30-24-7-3-6-19(12-24)20-8-9-21-14-26-27-25(21)13-20/h1-9,12-14,23,29H,10-11,15-17H2,(H,26,27). The molecule has 0 aliphatic carbocycles. The molecule has 0 spiro atoms. The summed E-state index contributed by atoms with van der Waals surface area (Å²) in [6.07, 6.45) is 2.33. The summed E-state index contributed by atoms with van der Waals surface area (Å²) in [4.78, 5) is 2.30. The summed E-state index contributed by atoms with van der Waals surface area (Å²) in [7, 11) is 0. The third kappa shape index (κ3) is 4.08. The fourth-order valence-electron chi connectivity index (χ4n) is 4.14. The predicted octanol–water partition coefficient (Wildman–Crippen LogP) is 4.03. The number of aliphatic hydroxyl groups excluding tert-OH is 1. The first-order valence-corrected chi connectivity index (χ1v) is 10.4. The molecule has 1 unspecified atom stereocenters. The van der Waals surface area contributed by atoms with Gasteiger partial charge < -0.3 is 9.84 Å². The number of hydrogen-bond donors (Lipinski definition) is 2. The van der Waals surface area contributed by atoms with Gasteiger partial charge in [0.1, 0.15) is 18.5 Å². The van der Waals surface area contributed by atoms with Crippen LogP contribution in [0.2, 0.25) is 0 Å². The number of hydrogen-bond acceptors (Lipinski definition) is 4. The molecule has 5 rings (SSSR count). The van der Waals surface area contributed by atoms with Crippen LogP contribution in [0.3, 0.4) is 0 Å². The third-order valence-corrected chi connectivity index (χ3v) is 5.73. The largest absolute Gasteiger partial charge is 0.491 e. The summed E-state index contributed by atoms with van der Waals surface area (Å²) in [6, 6.07) is 22.8. The molecule has 4 aromatic rings. The first-order valence-electron chi connectivity index (χ1n) is 10.4. The van der Waals surface area contributed by atoms with E-state index in [0.717, 1.165) is 47.3 Å². The van der Waals surface area contributed by atoms with E-state index in [1.54, 1.807) is 0 Å². The summed E-state index contributed by atoms with van der Waals surface area (Å²) < 4.78 is 5.92. The van der Waals surface area contributed by atoms with Crippen molar-refractivity contribution in [2.24, 2.45) is 0 Å². The van der Waals surface area contributed by atoms with E-state index in [1.165, 1.54) is 11.1 Å². The molecule has 0 bridgehead atoms. The molecule has 0 fully saturated rings. The van der Waals surface area contributed by atoms with Gasteiger partial charge in [0.05, 0.1) is 11.7 Å². The van der Waals surface area contributed by atoms with E-state index < -0.39 is 6.10 Å². The quantitative estimate of drug-likeness (QED) is 0.514. The van der Waals surface area contributed by atoms with Crippen LogP contribution in [0, 0.1) is 0 Å². The number of nitrogens with one attached hydrogen (secondary N) is 1. The lowest BCUT2D eigenvalue weighted by atomic mass is 10.00. The molecule has 1 atom stereocenters. The van der Waals surface area contributed by atoms with Crippen molar-refractivity contribution in [1.82, 2.24) is 15.1 Å². The Morgan fingerprint density at radius 2 is 1.87 bits per heavy atom. The van der Waals surface area contributed by atoms with Crippen molar-refractivity contribution in [3.8, 4) is 16.9 Å². The number of rotatable bonds is 6. The van der Waals surface area contributed by atoms with Crippen molar-refractivity contribution >= 4 is 10.9 Å². The number of fused-ring (bicyclic) bond motifs is 2. The van der Waals surface area contributed by atoms with Crippen LogP contribution in [0.15, 0.2) is 72.9 Å². The molecule has 1 aliphatic heterocycles. The monoisotopic (exact) mass is 399 g/mol. The Morgan fingerprint density at radius 1 is 1.00 bits per heavy atom. The molecule has 5 heteroatoms. The van der Waals surface area contributed by atoms with Gasteiger partial charge >= 0.3 is 0 Å². The molecule has 1 aromatic heterocycles. The van der Waals surface area contributed by atoms with Crippen LogP contribution in [-0.4, -0.2) is 46.0 Å². The van der Waals surface area contributed by atoms with Crippen LogP contribution in [-0.2, 0) is 13.0 Å². The number of H-pyrrole nitrogens is 1. The molecular weight excluding hydrogens is 374 g/mol. The smallest absolute Gasteiger partial charge is 0.120 e. The van der Waals surface area contributed by atoms with Gasteiger partial charge in [-0.05, 0) is 46.9 Å². The maximum absolute atomic E-state index is 10.5. The second-order valence-electron chi connectivity index (χ2n) is 7.92. The average Bonchev–Trinajstić information content (AvgIpc) is 3.26. The summed E-state index contributed by atoms with van der Waals surface area (Å²) >= 11 is 0. The number of nitrogens with zero attached hydrogens (tertiary/aromatic N) is 2.